The monoisotopic (exact) mass is 842 g/mol. The number of benzene rings is 4. The summed E-state index contributed by atoms with van der Waals surface area (Å²) in [6.45, 7) is 3.15. The minimum Gasteiger partial charge on any atom is -1.00 e. The molecule has 0 saturated carbocycles. The SMILES string of the molecule is COc1ccc2cc3[n+](cc2c1OCCCOc1c(OC)ccc2cc4[n+](cc12)CCc1cc2c(cc1-4)OCO2)CCc1cc2c(cc1-3)OCO2.[Br-].[Br-]. The molecule has 0 radical (unpaired) electrons. The average molecular weight is 845 g/mol. The predicted molar refractivity (Wildman–Crippen MR) is 188 cm³/mol. The molecule has 0 atom stereocenters. The fourth-order valence-electron chi connectivity index (χ4n) is 7.82. The fraction of sp³-hybridized carbons (Fsp3) is 0.268. The Balaban J connectivity index is 0.00000200. The number of nitrogens with zero attached hydrogens (tertiary/aromatic N) is 2. The molecule has 0 aliphatic carbocycles. The van der Waals surface area contributed by atoms with Crippen LogP contribution in [-0.2, 0) is 25.9 Å². The number of pyridine rings is 2. The molecule has 6 aromatic rings. The van der Waals surface area contributed by atoms with Gasteiger partial charge in [0.15, 0.2) is 71.5 Å². The topological polar surface area (TPSA) is 81.6 Å². The van der Waals surface area contributed by atoms with Crippen LogP contribution in [0, 0.1) is 0 Å². The number of hydrogen-bond donors (Lipinski definition) is 0. The van der Waals surface area contributed by atoms with Gasteiger partial charge in [-0.25, -0.2) is 0 Å². The van der Waals surface area contributed by atoms with E-state index >= 15 is 0 Å². The second-order valence-electron chi connectivity index (χ2n) is 13.2. The van der Waals surface area contributed by atoms with Crippen molar-refractivity contribution in [1.29, 1.82) is 0 Å². The maximum Gasteiger partial charge on any atom is 0.231 e. The Labute approximate surface area is 327 Å². The van der Waals surface area contributed by atoms with Crippen LogP contribution in [-0.4, -0.2) is 41.0 Å². The number of ether oxygens (including phenoxy) is 8. The summed E-state index contributed by atoms with van der Waals surface area (Å²) in [4.78, 5) is 0. The Bertz CT molecular complexity index is 2250. The third-order valence-electron chi connectivity index (χ3n) is 10.4. The van der Waals surface area contributed by atoms with Gasteiger partial charge in [-0.2, -0.15) is 9.13 Å². The molecule has 0 bridgehead atoms. The van der Waals surface area contributed by atoms with Gasteiger partial charge in [0.1, 0.15) is 0 Å². The number of aromatic nitrogens is 2. The fourth-order valence-corrected chi connectivity index (χ4v) is 7.82. The molecule has 6 heterocycles. The molecule has 0 fully saturated rings. The van der Waals surface area contributed by atoms with Gasteiger partial charge in [-0.05, 0) is 70.4 Å². The van der Waals surface area contributed by atoms with Gasteiger partial charge in [-0.1, -0.05) is 0 Å². The van der Waals surface area contributed by atoms with Crippen molar-refractivity contribution in [3.8, 4) is 68.5 Å². The molecule has 0 amide bonds. The zero-order valence-electron chi connectivity index (χ0n) is 29.2. The van der Waals surface area contributed by atoms with E-state index in [1.54, 1.807) is 14.2 Å². The van der Waals surface area contributed by atoms with E-state index in [-0.39, 0.29) is 47.5 Å². The third kappa shape index (κ3) is 5.92. The van der Waals surface area contributed by atoms with Gasteiger partial charge in [0.2, 0.25) is 25.0 Å². The van der Waals surface area contributed by atoms with Gasteiger partial charge in [0.25, 0.3) is 0 Å². The molecule has 0 saturated heterocycles. The largest absolute Gasteiger partial charge is 1.00 e. The van der Waals surface area contributed by atoms with E-state index in [1.165, 1.54) is 22.3 Å². The van der Waals surface area contributed by atoms with Gasteiger partial charge in [-0.3, -0.25) is 0 Å². The third-order valence-corrected chi connectivity index (χ3v) is 10.4. The van der Waals surface area contributed by atoms with Gasteiger partial charge >= 0.3 is 0 Å². The summed E-state index contributed by atoms with van der Waals surface area (Å²) in [5.41, 5.74) is 7.16. The Kier molecular flexibility index (Phi) is 9.36. The summed E-state index contributed by atoms with van der Waals surface area (Å²) in [5, 5.41) is 4.17. The van der Waals surface area contributed by atoms with Crippen molar-refractivity contribution in [1.82, 2.24) is 0 Å². The first-order valence-electron chi connectivity index (χ1n) is 17.3. The van der Waals surface area contributed by atoms with E-state index in [1.807, 2.05) is 12.1 Å². The van der Waals surface area contributed by atoms with E-state index in [0.29, 0.717) is 31.1 Å². The lowest BCUT2D eigenvalue weighted by Crippen LogP contribution is -3.00. The second kappa shape index (κ2) is 14.1. The summed E-state index contributed by atoms with van der Waals surface area (Å²) in [7, 11) is 3.36. The smallest absolute Gasteiger partial charge is 0.231 e. The van der Waals surface area contributed by atoms with Crippen LogP contribution in [0.5, 0.6) is 46.0 Å². The minimum absolute atomic E-state index is 0. The highest BCUT2D eigenvalue weighted by atomic mass is 79.9. The summed E-state index contributed by atoms with van der Waals surface area (Å²) < 4.78 is 51.7. The number of halogens is 2. The summed E-state index contributed by atoms with van der Waals surface area (Å²) in [6, 6.07) is 21.0. The lowest BCUT2D eigenvalue weighted by molar-refractivity contribution is -0.686. The number of hydrogen-bond acceptors (Lipinski definition) is 8. The summed E-state index contributed by atoms with van der Waals surface area (Å²) in [5.74, 6) is 6.10. The van der Waals surface area contributed by atoms with Crippen molar-refractivity contribution in [3.05, 3.63) is 84.2 Å². The van der Waals surface area contributed by atoms with Gasteiger partial charge in [-0.15, -0.1) is 0 Å². The van der Waals surface area contributed by atoms with E-state index < -0.39 is 0 Å². The number of rotatable bonds is 8. The van der Waals surface area contributed by atoms with Gasteiger partial charge in [0.05, 0.1) is 49.3 Å². The van der Waals surface area contributed by atoms with Crippen molar-refractivity contribution in [2.75, 3.05) is 41.0 Å². The first-order valence-corrected chi connectivity index (χ1v) is 17.3. The zero-order chi connectivity index (χ0) is 34.1. The molecule has 272 valence electrons. The van der Waals surface area contributed by atoms with Crippen molar-refractivity contribution in [2.24, 2.45) is 0 Å². The molecule has 10 nitrogen and oxygen atoms in total. The molecule has 4 aliphatic heterocycles. The molecule has 2 aromatic heterocycles. The molecule has 4 aromatic carbocycles. The lowest BCUT2D eigenvalue weighted by Gasteiger charge is -2.18. The lowest BCUT2D eigenvalue weighted by atomic mass is 9.95. The van der Waals surface area contributed by atoms with Crippen LogP contribution in [0.1, 0.15) is 17.5 Å². The first-order chi connectivity index (χ1) is 25.1. The quantitative estimate of drug-likeness (QED) is 0.161. The second-order valence-corrected chi connectivity index (χ2v) is 13.2. The van der Waals surface area contributed by atoms with Crippen LogP contribution in [0.3, 0.4) is 0 Å². The number of methoxy groups -OCH3 is 2. The summed E-state index contributed by atoms with van der Waals surface area (Å²) >= 11 is 0. The predicted octanol–water partition coefficient (Wildman–Crippen LogP) is 0.345. The normalized spacial score (nSPS) is 13.9. The number of fused-ring (bicyclic) bond motifs is 10. The van der Waals surface area contributed by atoms with Crippen LogP contribution in [0.2, 0.25) is 0 Å². The molecule has 10 rings (SSSR count). The van der Waals surface area contributed by atoms with Gasteiger partial charge in [0, 0.05) is 31.4 Å². The minimum atomic E-state index is 0. The molecule has 0 unspecified atom stereocenters. The average Bonchev–Trinajstić information content (AvgIpc) is 3.83. The Hall–Kier alpha value is -4.94. The number of aryl methyl sites for hydroxylation is 4. The van der Waals surface area contributed by atoms with Crippen molar-refractivity contribution in [2.45, 2.75) is 32.4 Å². The molecule has 12 heteroatoms. The molecular weight excluding hydrogens is 808 g/mol. The van der Waals surface area contributed by atoms with Crippen LogP contribution in [0.15, 0.2) is 73.1 Å². The molecular formula is C41H36Br2N2O8. The Morgan fingerprint density at radius 1 is 0.566 bits per heavy atom. The van der Waals surface area contributed by atoms with Crippen molar-refractivity contribution in [3.63, 3.8) is 0 Å². The van der Waals surface area contributed by atoms with E-state index in [9.17, 15) is 0 Å². The first kappa shape index (κ1) is 35.1. The van der Waals surface area contributed by atoms with E-state index in [0.717, 1.165) is 93.4 Å². The molecule has 0 N–H and O–H groups in total. The highest BCUT2D eigenvalue weighted by Crippen LogP contribution is 2.43. The highest BCUT2D eigenvalue weighted by Gasteiger charge is 2.30. The van der Waals surface area contributed by atoms with E-state index in [2.05, 4.69) is 70.1 Å². The van der Waals surface area contributed by atoms with Crippen LogP contribution in [0.25, 0.3) is 44.1 Å². The molecule has 4 aliphatic rings. The Morgan fingerprint density at radius 3 is 1.43 bits per heavy atom. The van der Waals surface area contributed by atoms with Crippen molar-refractivity contribution < 1.29 is 81.0 Å². The van der Waals surface area contributed by atoms with Crippen LogP contribution in [0.4, 0.5) is 0 Å². The van der Waals surface area contributed by atoms with Gasteiger partial charge < -0.3 is 71.9 Å². The maximum absolute atomic E-state index is 6.47. The van der Waals surface area contributed by atoms with E-state index in [4.69, 9.17) is 37.9 Å². The summed E-state index contributed by atoms with van der Waals surface area (Å²) in [6.07, 6.45) is 6.84. The Morgan fingerprint density at radius 2 is 1.00 bits per heavy atom. The van der Waals surface area contributed by atoms with Crippen LogP contribution < -0.4 is 81.0 Å². The standard InChI is InChI=1S/C41H36N2O8.2BrH/c1-44-34-6-4-24-14-32-28-18-38-36(48-22-50-38)16-26(28)8-10-42(32)20-30(24)40(34)46-12-3-13-47-41-31-21-43-11-9-27-17-37-39(51-23-49-37)19-29(27)33(43)15-25(31)5-7-35(41)45-2;;/h4-7,14-21H,3,8-13,22-23H2,1-2H3;2*1H/q+2;;/p-2. The zero-order valence-corrected chi connectivity index (χ0v) is 32.4. The molecule has 0 spiro atoms. The molecule has 53 heavy (non-hydrogen) atoms. The van der Waals surface area contributed by atoms with Crippen LogP contribution >= 0.6 is 0 Å². The maximum atomic E-state index is 6.47. The highest BCUT2D eigenvalue weighted by molar-refractivity contribution is 5.93. The van der Waals surface area contributed by atoms with Crippen molar-refractivity contribution >= 4 is 21.5 Å².